The molecule has 1 heterocycles. The Morgan fingerprint density at radius 2 is 1.83 bits per heavy atom. The predicted molar refractivity (Wildman–Crippen MR) is 119 cm³/mol. The highest BCUT2D eigenvalue weighted by Crippen LogP contribution is 2.20. The van der Waals surface area contributed by atoms with Crippen LogP contribution in [0.15, 0.2) is 70.3 Å². The number of ether oxygens (including phenoxy) is 1. The van der Waals surface area contributed by atoms with Crippen LogP contribution in [0.1, 0.15) is 23.9 Å². The molecule has 3 N–H and O–H groups in total. The summed E-state index contributed by atoms with van der Waals surface area (Å²) in [5.74, 6) is 1.67. The zero-order valence-electron chi connectivity index (χ0n) is 17.2. The molecule has 0 aliphatic carbocycles. The molecule has 0 atom stereocenters. The third kappa shape index (κ3) is 6.55. The summed E-state index contributed by atoms with van der Waals surface area (Å²) in [4.78, 5) is 16.4. The van der Waals surface area contributed by atoms with E-state index in [-0.39, 0.29) is 5.91 Å². The molecule has 2 aromatic carbocycles. The first-order chi connectivity index (χ1) is 14.8. The fraction of sp³-hybridized carbons (Fsp3) is 0.304. The Hall–Kier alpha value is -3.48. The van der Waals surface area contributed by atoms with E-state index in [9.17, 15) is 4.79 Å². The molecule has 1 aromatic heterocycles. The van der Waals surface area contributed by atoms with Gasteiger partial charge in [0.05, 0.1) is 12.9 Å². The highest BCUT2D eigenvalue weighted by atomic mass is 16.5. The number of hydrogen-bond acceptors (Lipinski definition) is 4. The lowest BCUT2D eigenvalue weighted by atomic mass is 10.1. The molecule has 0 spiro atoms. The van der Waals surface area contributed by atoms with Gasteiger partial charge in [0.2, 0.25) is 0 Å². The summed E-state index contributed by atoms with van der Waals surface area (Å²) in [5, 5.41) is 11.6. The van der Waals surface area contributed by atoms with Gasteiger partial charge in [0.15, 0.2) is 11.7 Å². The maximum atomic E-state index is 11.8. The fourth-order valence-corrected chi connectivity index (χ4v) is 2.90. The van der Waals surface area contributed by atoms with Crippen LogP contribution in [0.2, 0.25) is 0 Å². The summed E-state index contributed by atoms with van der Waals surface area (Å²) < 4.78 is 10.9. The van der Waals surface area contributed by atoms with Crippen LogP contribution < -0.4 is 20.7 Å². The van der Waals surface area contributed by atoms with Crippen molar-refractivity contribution < 1.29 is 13.9 Å². The number of carbonyl (C=O) groups is 1. The third-order valence-corrected chi connectivity index (χ3v) is 4.35. The second kappa shape index (κ2) is 11.5. The van der Waals surface area contributed by atoms with Crippen molar-refractivity contribution in [2.24, 2.45) is 4.99 Å². The molecule has 0 aliphatic rings. The summed E-state index contributed by atoms with van der Waals surface area (Å²) >= 11 is 0. The Balaban J connectivity index is 1.35. The minimum absolute atomic E-state index is 0.227. The fourth-order valence-electron chi connectivity index (χ4n) is 2.90. The van der Waals surface area contributed by atoms with Crippen LogP contribution in [0, 0.1) is 0 Å². The van der Waals surface area contributed by atoms with E-state index in [0.717, 1.165) is 24.7 Å². The lowest BCUT2D eigenvalue weighted by Gasteiger charge is -2.12. The molecule has 7 heteroatoms. The number of aliphatic imine (C=N–C) groups is 1. The Bertz CT molecular complexity index is 954. The molecule has 0 saturated heterocycles. The molecule has 30 heavy (non-hydrogen) atoms. The molecular formula is C23H28N4O3. The molecule has 0 radical (unpaired) electrons. The average molecular weight is 409 g/mol. The minimum Gasteiger partial charge on any atom is -0.494 e. The Kier molecular flexibility index (Phi) is 8.14. The van der Waals surface area contributed by atoms with Gasteiger partial charge < -0.3 is 25.1 Å². The second-order valence-corrected chi connectivity index (χ2v) is 6.63. The molecule has 1 amide bonds. The Morgan fingerprint density at radius 1 is 1.00 bits per heavy atom. The van der Waals surface area contributed by atoms with Crippen LogP contribution in [0.25, 0.3) is 10.8 Å². The highest BCUT2D eigenvalue weighted by Gasteiger charge is 2.06. The van der Waals surface area contributed by atoms with Gasteiger partial charge in [0, 0.05) is 32.6 Å². The SMILES string of the molecule is CCNC(=NCCCOc1ccc2ccccc2c1)NCCNC(=O)c1ccco1. The average Bonchev–Trinajstić information content (AvgIpc) is 3.31. The Morgan fingerprint density at radius 3 is 2.63 bits per heavy atom. The van der Waals surface area contributed by atoms with E-state index in [4.69, 9.17) is 9.15 Å². The normalized spacial score (nSPS) is 11.3. The van der Waals surface area contributed by atoms with Gasteiger partial charge in [-0.2, -0.15) is 0 Å². The molecule has 158 valence electrons. The molecule has 3 rings (SSSR count). The monoisotopic (exact) mass is 408 g/mol. The zero-order valence-corrected chi connectivity index (χ0v) is 17.2. The van der Waals surface area contributed by atoms with Gasteiger partial charge in [-0.3, -0.25) is 9.79 Å². The van der Waals surface area contributed by atoms with Crippen LogP contribution in [0.5, 0.6) is 5.75 Å². The molecule has 0 unspecified atom stereocenters. The van der Waals surface area contributed by atoms with E-state index in [0.29, 0.717) is 32.0 Å². The largest absolute Gasteiger partial charge is 0.494 e. The topological polar surface area (TPSA) is 87.9 Å². The summed E-state index contributed by atoms with van der Waals surface area (Å²) in [6.45, 7) is 5.04. The number of nitrogens with one attached hydrogen (secondary N) is 3. The van der Waals surface area contributed by atoms with Crippen LogP contribution in [0.4, 0.5) is 0 Å². The molecule has 0 bridgehead atoms. The first-order valence-corrected chi connectivity index (χ1v) is 10.2. The van der Waals surface area contributed by atoms with Crippen molar-refractivity contribution in [3.63, 3.8) is 0 Å². The maximum absolute atomic E-state index is 11.8. The highest BCUT2D eigenvalue weighted by molar-refractivity contribution is 5.91. The van der Waals surface area contributed by atoms with E-state index >= 15 is 0 Å². The van der Waals surface area contributed by atoms with Crippen molar-refractivity contribution in [1.29, 1.82) is 0 Å². The number of rotatable bonds is 10. The number of benzene rings is 2. The minimum atomic E-state index is -0.227. The van der Waals surface area contributed by atoms with Crippen molar-refractivity contribution in [3.05, 3.63) is 66.6 Å². The predicted octanol–water partition coefficient (Wildman–Crippen LogP) is 3.19. The summed E-state index contributed by atoms with van der Waals surface area (Å²) in [7, 11) is 0. The standard InChI is InChI=1S/C23H28N4O3/c1-2-24-23(27-14-13-25-22(28)21-9-5-15-30-21)26-12-6-16-29-20-11-10-18-7-3-4-8-19(18)17-20/h3-5,7-11,15,17H,2,6,12-14,16H2,1H3,(H,25,28)(H2,24,26,27). The van der Waals surface area contributed by atoms with Crippen molar-refractivity contribution >= 4 is 22.6 Å². The van der Waals surface area contributed by atoms with Gasteiger partial charge in [-0.1, -0.05) is 30.3 Å². The van der Waals surface area contributed by atoms with Gasteiger partial charge in [0.1, 0.15) is 5.75 Å². The van der Waals surface area contributed by atoms with Crippen molar-refractivity contribution in [2.75, 3.05) is 32.8 Å². The molecule has 0 aliphatic heterocycles. The third-order valence-electron chi connectivity index (χ3n) is 4.35. The summed E-state index contributed by atoms with van der Waals surface area (Å²) in [5.41, 5.74) is 0. The molecule has 7 nitrogen and oxygen atoms in total. The van der Waals surface area contributed by atoms with Crippen molar-refractivity contribution in [1.82, 2.24) is 16.0 Å². The molecule has 0 fully saturated rings. The van der Waals surface area contributed by atoms with E-state index < -0.39 is 0 Å². The second-order valence-electron chi connectivity index (χ2n) is 6.63. The molecule has 0 saturated carbocycles. The van der Waals surface area contributed by atoms with E-state index in [2.05, 4.69) is 45.2 Å². The van der Waals surface area contributed by atoms with E-state index in [1.54, 1.807) is 12.1 Å². The quantitative estimate of drug-likeness (QED) is 0.272. The van der Waals surface area contributed by atoms with Gasteiger partial charge in [0.25, 0.3) is 5.91 Å². The first kappa shape index (κ1) is 21.2. The first-order valence-electron chi connectivity index (χ1n) is 10.2. The van der Waals surface area contributed by atoms with Gasteiger partial charge in [-0.15, -0.1) is 0 Å². The van der Waals surface area contributed by atoms with Crippen LogP contribution in [0.3, 0.4) is 0 Å². The van der Waals surface area contributed by atoms with Crippen molar-refractivity contribution in [3.8, 4) is 5.75 Å². The van der Waals surface area contributed by atoms with Gasteiger partial charge >= 0.3 is 0 Å². The molecular weight excluding hydrogens is 380 g/mol. The summed E-state index contributed by atoms with van der Waals surface area (Å²) in [6.07, 6.45) is 2.28. The van der Waals surface area contributed by atoms with E-state index in [1.165, 1.54) is 17.0 Å². The number of carbonyl (C=O) groups excluding carboxylic acids is 1. The van der Waals surface area contributed by atoms with E-state index in [1.807, 2.05) is 25.1 Å². The summed E-state index contributed by atoms with van der Waals surface area (Å²) in [6, 6.07) is 17.7. The Labute approximate surface area is 176 Å². The zero-order chi connectivity index (χ0) is 21.0. The lowest BCUT2D eigenvalue weighted by Crippen LogP contribution is -2.41. The van der Waals surface area contributed by atoms with Crippen molar-refractivity contribution in [2.45, 2.75) is 13.3 Å². The number of fused-ring (bicyclic) bond motifs is 1. The van der Waals surface area contributed by atoms with Crippen LogP contribution >= 0.6 is 0 Å². The van der Waals surface area contributed by atoms with Gasteiger partial charge in [-0.25, -0.2) is 0 Å². The number of guanidine groups is 1. The van der Waals surface area contributed by atoms with Gasteiger partial charge in [-0.05, 0) is 42.0 Å². The molecule has 3 aromatic rings. The number of nitrogens with zero attached hydrogens (tertiary/aromatic N) is 1. The number of hydrogen-bond donors (Lipinski definition) is 3. The lowest BCUT2D eigenvalue weighted by molar-refractivity contribution is 0.0926. The number of furan rings is 1. The maximum Gasteiger partial charge on any atom is 0.287 e. The smallest absolute Gasteiger partial charge is 0.287 e. The van der Waals surface area contributed by atoms with Crippen LogP contribution in [-0.2, 0) is 0 Å². The number of amides is 1. The van der Waals surface area contributed by atoms with Crippen LogP contribution in [-0.4, -0.2) is 44.7 Å².